The molecule has 0 aliphatic carbocycles. The fourth-order valence-corrected chi connectivity index (χ4v) is 3.38. The van der Waals surface area contributed by atoms with Crippen molar-refractivity contribution in [3.05, 3.63) is 46.6 Å². The summed E-state index contributed by atoms with van der Waals surface area (Å²) in [6.07, 6.45) is 2.03. The minimum absolute atomic E-state index is 0.00238. The Bertz CT molecular complexity index is 899. The lowest BCUT2D eigenvalue weighted by molar-refractivity contribution is 0.0293. The lowest BCUT2D eigenvalue weighted by Gasteiger charge is -2.24. The average Bonchev–Trinajstić information content (AvgIpc) is 3.10. The van der Waals surface area contributed by atoms with Crippen LogP contribution in [0.25, 0.3) is 0 Å². The third-order valence-corrected chi connectivity index (χ3v) is 4.88. The maximum Gasteiger partial charge on any atom is 0.410 e. The Morgan fingerprint density at radius 3 is 2.87 bits per heavy atom. The number of para-hydroxylation sites is 1. The lowest BCUT2D eigenvalue weighted by atomic mass is 10.2. The van der Waals surface area contributed by atoms with Gasteiger partial charge in [-0.3, -0.25) is 0 Å². The van der Waals surface area contributed by atoms with Crippen LogP contribution in [-0.4, -0.2) is 45.7 Å². The molecule has 3 rings (SSSR count). The normalized spacial score (nSPS) is 16.5. The first-order valence-corrected chi connectivity index (χ1v) is 10.2. The molecule has 0 saturated carbocycles. The lowest BCUT2D eigenvalue weighted by Crippen LogP contribution is -2.36. The summed E-state index contributed by atoms with van der Waals surface area (Å²) >= 11 is 5.99. The molecule has 1 aromatic heterocycles. The smallest absolute Gasteiger partial charge is 0.410 e. The second-order valence-electron chi connectivity index (χ2n) is 8.35. The van der Waals surface area contributed by atoms with Crippen molar-refractivity contribution in [2.75, 3.05) is 23.7 Å². The highest BCUT2D eigenvalue weighted by Crippen LogP contribution is 2.24. The standard InChI is InChI=1S/C21H27ClFN5O2/c1-13-6-5-7-16(23)17(13)24-10-14-11-25-19(22)27-18(14)26-15-8-9-28(12-15)20(29)30-21(2,3)4/h5-7,11,15,24H,8-10,12H2,1-4H3,(H,25,26,27)/t15-/m0/s1. The first-order valence-electron chi connectivity index (χ1n) is 9.87. The van der Waals surface area contributed by atoms with Crippen LogP contribution in [0.4, 0.5) is 20.7 Å². The van der Waals surface area contributed by atoms with E-state index in [0.717, 1.165) is 17.5 Å². The quantitative estimate of drug-likeness (QED) is 0.667. The zero-order valence-electron chi connectivity index (χ0n) is 17.6. The van der Waals surface area contributed by atoms with Crippen molar-refractivity contribution >= 4 is 29.2 Å². The van der Waals surface area contributed by atoms with Crippen molar-refractivity contribution in [3.63, 3.8) is 0 Å². The Morgan fingerprint density at radius 1 is 1.40 bits per heavy atom. The molecule has 162 valence electrons. The molecule has 1 saturated heterocycles. The number of anilines is 2. The number of carbonyl (C=O) groups excluding carboxylic acids is 1. The van der Waals surface area contributed by atoms with E-state index in [1.807, 2.05) is 33.8 Å². The first kappa shape index (κ1) is 22.1. The van der Waals surface area contributed by atoms with Crippen molar-refractivity contribution in [1.82, 2.24) is 14.9 Å². The molecule has 1 fully saturated rings. The predicted octanol–water partition coefficient (Wildman–Crippen LogP) is 4.61. The van der Waals surface area contributed by atoms with Crippen LogP contribution in [0.3, 0.4) is 0 Å². The number of likely N-dealkylation sites (tertiary alicyclic amines) is 1. The summed E-state index contributed by atoms with van der Waals surface area (Å²) in [5.41, 5.74) is 1.46. The molecular formula is C21H27ClFN5O2. The molecule has 0 spiro atoms. The molecule has 1 aliphatic rings. The highest BCUT2D eigenvalue weighted by atomic mass is 35.5. The van der Waals surface area contributed by atoms with Crippen molar-refractivity contribution in [2.24, 2.45) is 0 Å². The van der Waals surface area contributed by atoms with E-state index >= 15 is 0 Å². The van der Waals surface area contributed by atoms with Crippen LogP contribution in [0.1, 0.15) is 38.3 Å². The van der Waals surface area contributed by atoms with Gasteiger partial charge < -0.3 is 20.3 Å². The summed E-state index contributed by atoms with van der Waals surface area (Å²) in [6.45, 7) is 8.78. The Labute approximate surface area is 181 Å². The second kappa shape index (κ2) is 9.04. The third kappa shape index (κ3) is 5.72. The number of halogens is 2. The number of amides is 1. The molecule has 30 heavy (non-hydrogen) atoms. The molecule has 0 radical (unpaired) electrons. The van der Waals surface area contributed by atoms with E-state index in [0.29, 0.717) is 31.1 Å². The number of carbonyl (C=O) groups is 1. The van der Waals surface area contributed by atoms with Gasteiger partial charge in [0.2, 0.25) is 5.28 Å². The number of aryl methyl sites for hydroxylation is 1. The number of nitrogens with one attached hydrogen (secondary N) is 2. The van der Waals surface area contributed by atoms with Gasteiger partial charge in [-0.05, 0) is 57.3 Å². The Hall–Kier alpha value is -2.61. The van der Waals surface area contributed by atoms with Crippen LogP contribution in [-0.2, 0) is 11.3 Å². The van der Waals surface area contributed by atoms with E-state index < -0.39 is 5.60 Å². The number of aromatic nitrogens is 2. The van der Waals surface area contributed by atoms with Crippen LogP contribution in [0.5, 0.6) is 0 Å². The monoisotopic (exact) mass is 435 g/mol. The number of rotatable bonds is 5. The van der Waals surface area contributed by atoms with Crippen molar-refractivity contribution in [3.8, 4) is 0 Å². The maximum absolute atomic E-state index is 14.1. The van der Waals surface area contributed by atoms with E-state index in [-0.39, 0.29) is 23.2 Å². The zero-order valence-corrected chi connectivity index (χ0v) is 18.4. The Kier molecular flexibility index (Phi) is 6.65. The predicted molar refractivity (Wildman–Crippen MR) is 115 cm³/mol. The van der Waals surface area contributed by atoms with Gasteiger partial charge in [0, 0.05) is 37.4 Å². The summed E-state index contributed by atoms with van der Waals surface area (Å²) in [7, 11) is 0. The molecule has 2 heterocycles. The summed E-state index contributed by atoms with van der Waals surface area (Å²) < 4.78 is 19.5. The van der Waals surface area contributed by atoms with Gasteiger partial charge >= 0.3 is 6.09 Å². The van der Waals surface area contributed by atoms with Gasteiger partial charge in [-0.25, -0.2) is 19.2 Å². The van der Waals surface area contributed by atoms with Gasteiger partial charge in [-0.2, -0.15) is 0 Å². The second-order valence-corrected chi connectivity index (χ2v) is 8.69. The number of hydrogen-bond donors (Lipinski definition) is 2. The molecule has 9 heteroatoms. The minimum Gasteiger partial charge on any atom is -0.444 e. The van der Waals surface area contributed by atoms with Crippen LogP contribution >= 0.6 is 11.6 Å². The maximum atomic E-state index is 14.1. The Morgan fingerprint density at radius 2 is 2.17 bits per heavy atom. The Balaban J connectivity index is 1.67. The average molecular weight is 436 g/mol. The molecular weight excluding hydrogens is 409 g/mol. The minimum atomic E-state index is -0.535. The van der Waals surface area contributed by atoms with E-state index in [9.17, 15) is 9.18 Å². The summed E-state index contributed by atoms with van der Waals surface area (Å²) in [4.78, 5) is 22.3. The number of hydrogen-bond acceptors (Lipinski definition) is 6. The molecule has 7 nitrogen and oxygen atoms in total. The fourth-order valence-electron chi connectivity index (χ4n) is 3.24. The van der Waals surface area contributed by atoms with Crippen molar-refractivity contribution < 1.29 is 13.9 Å². The van der Waals surface area contributed by atoms with Gasteiger partial charge in [-0.1, -0.05) is 12.1 Å². The van der Waals surface area contributed by atoms with Gasteiger partial charge in [0.05, 0.1) is 5.69 Å². The first-order chi connectivity index (χ1) is 14.1. The van der Waals surface area contributed by atoms with Crippen molar-refractivity contribution in [1.29, 1.82) is 0 Å². The molecule has 1 atom stereocenters. The number of nitrogens with zero attached hydrogens (tertiary/aromatic N) is 3. The topological polar surface area (TPSA) is 79.4 Å². The number of ether oxygens (including phenoxy) is 1. The molecule has 1 aliphatic heterocycles. The van der Waals surface area contributed by atoms with Crippen LogP contribution in [0.15, 0.2) is 24.4 Å². The molecule has 2 N–H and O–H groups in total. The largest absolute Gasteiger partial charge is 0.444 e. The van der Waals surface area contributed by atoms with Crippen LogP contribution < -0.4 is 10.6 Å². The van der Waals surface area contributed by atoms with Crippen molar-refractivity contribution in [2.45, 2.75) is 52.3 Å². The molecule has 1 aromatic carbocycles. The highest BCUT2D eigenvalue weighted by Gasteiger charge is 2.30. The zero-order chi connectivity index (χ0) is 21.9. The van der Waals surface area contributed by atoms with Gasteiger partial charge in [0.15, 0.2) is 0 Å². The summed E-state index contributed by atoms with van der Waals surface area (Å²) in [5, 5.41) is 6.57. The third-order valence-electron chi connectivity index (χ3n) is 4.69. The van der Waals surface area contributed by atoms with Gasteiger partial charge in [-0.15, -0.1) is 0 Å². The summed E-state index contributed by atoms with van der Waals surface area (Å²) in [6, 6.07) is 4.92. The van der Waals surface area contributed by atoms with Gasteiger partial charge in [0.1, 0.15) is 17.2 Å². The molecule has 1 amide bonds. The fraction of sp³-hybridized carbons (Fsp3) is 0.476. The molecule has 0 unspecified atom stereocenters. The van der Waals surface area contributed by atoms with E-state index in [1.165, 1.54) is 6.07 Å². The highest BCUT2D eigenvalue weighted by molar-refractivity contribution is 6.28. The SMILES string of the molecule is Cc1cccc(F)c1NCc1cnc(Cl)nc1N[C@H]1CCN(C(=O)OC(C)(C)C)C1. The molecule has 0 bridgehead atoms. The van der Waals surface area contributed by atoms with E-state index in [2.05, 4.69) is 20.6 Å². The van der Waals surface area contributed by atoms with E-state index in [4.69, 9.17) is 16.3 Å². The van der Waals surface area contributed by atoms with Crippen LogP contribution in [0.2, 0.25) is 5.28 Å². The summed E-state index contributed by atoms with van der Waals surface area (Å²) in [5.74, 6) is 0.246. The molecule has 2 aromatic rings. The number of benzene rings is 1. The van der Waals surface area contributed by atoms with E-state index in [1.54, 1.807) is 17.2 Å². The van der Waals surface area contributed by atoms with Crippen LogP contribution in [0, 0.1) is 12.7 Å². The van der Waals surface area contributed by atoms with Gasteiger partial charge in [0.25, 0.3) is 0 Å².